The summed E-state index contributed by atoms with van der Waals surface area (Å²) in [6.07, 6.45) is 0. The molecule has 0 aliphatic carbocycles. The molecule has 2 aliphatic heterocycles. The van der Waals surface area contributed by atoms with Gasteiger partial charge in [0.05, 0.1) is 18.4 Å². The number of imide groups is 1. The van der Waals surface area contributed by atoms with Crippen molar-refractivity contribution in [3.8, 4) is 5.75 Å². The van der Waals surface area contributed by atoms with Gasteiger partial charge in [0, 0.05) is 31.9 Å². The molecule has 0 spiro atoms. The lowest BCUT2D eigenvalue weighted by Crippen LogP contribution is -2.47. The molecule has 0 unspecified atom stereocenters. The standard InChI is InChI=1S/C27H25N3O3/c1-33-23-14-12-20(13-15-23)24-25(27(32)30(26(24)31)22-10-6-3-7-11-22)29-18-16-28(17-19-29)21-8-4-2-5-9-21/h2-15H,16-19H2,1H3. The van der Waals surface area contributed by atoms with Gasteiger partial charge in [-0.3, -0.25) is 9.59 Å². The Balaban J connectivity index is 1.50. The van der Waals surface area contributed by atoms with E-state index in [2.05, 4.69) is 21.9 Å². The highest BCUT2D eigenvalue weighted by Crippen LogP contribution is 2.35. The van der Waals surface area contributed by atoms with Gasteiger partial charge >= 0.3 is 0 Å². The lowest BCUT2D eigenvalue weighted by Gasteiger charge is -2.37. The molecule has 33 heavy (non-hydrogen) atoms. The Kier molecular flexibility index (Phi) is 5.57. The van der Waals surface area contributed by atoms with Crippen LogP contribution in [-0.2, 0) is 9.59 Å². The van der Waals surface area contributed by atoms with Crippen molar-refractivity contribution < 1.29 is 14.3 Å². The van der Waals surface area contributed by atoms with Crippen molar-refractivity contribution in [1.82, 2.24) is 4.90 Å². The maximum absolute atomic E-state index is 13.6. The third kappa shape index (κ3) is 3.84. The Morgan fingerprint density at radius 1 is 0.636 bits per heavy atom. The molecule has 6 heteroatoms. The molecule has 166 valence electrons. The molecule has 0 aromatic heterocycles. The Labute approximate surface area is 193 Å². The molecule has 2 amide bonds. The van der Waals surface area contributed by atoms with Crippen LogP contribution in [0.15, 0.2) is 90.6 Å². The molecule has 2 aliphatic rings. The van der Waals surface area contributed by atoms with Crippen molar-refractivity contribution in [2.75, 3.05) is 43.1 Å². The summed E-state index contributed by atoms with van der Waals surface area (Å²) >= 11 is 0. The van der Waals surface area contributed by atoms with Crippen LogP contribution in [0.25, 0.3) is 5.57 Å². The number of rotatable bonds is 5. The van der Waals surface area contributed by atoms with Gasteiger partial charge in [-0.25, -0.2) is 4.90 Å². The highest BCUT2D eigenvalue weighted by molar-refractivity contribution is 6.45. The number of anilines is 2. The van der Waals surface area contributed by atoms with E-state index in [4.69, 9.17) is 4.74 Å². The molecule has 0 atom stereocenters. The number of para-hydroxylation sites is 2. The number of amides is 2. The van der Waals surface area contributed by atoms with E-state index in [0.29, 0.717) is 41.4 Å². The van der Waals surface area contributed by atoms with Crippen molar-refractivity contribution >= 4 is 28.8 Å². The van der Waals surface area contributed by atoms with E-state index in [0.717, 1.165) is 13.1 Å². The van der Waals surface area contributed by atoms with Gasteiger partial charge < -0.3 is 14.5 Å². The first-order valence-corrected chi connectivity index (χ1v) is 11.0. The first kappa shape index (κ1) is 20.8. The second-order valence-electron chi connectivity index (χ2n) is 8.04. The number of carbonyl (C=O) groups is 2. The Hall–Kier alpha value is -4.06. The van der Waals surface area contributed by atoms with E-state index in [1.807, 2.05) is 60.7 Å². The molecular weight excluding hydrogens is 414 g/mol. The summed E-state index contributed by atoms with van der Waals surface area (Å²) in [6, 6.07) is 26.7. The molecule has 1 saturated heterocycles. The maximum atomic E-state index is 13.6. The van der Waals surface area contributed by atoms with Crippen LogP contribution >= 0.6 is 0 Å². The van der Waals surface area contributed by atoms with Gasteiger partial charge in [0.25, 0.3) is 11.8 Å². The largest absolute Gasteiger partial charge is 0.497 e. The number of benzene rings is 3. The number of hydrogen-bond donors (Lipinski definition) is 0. The van der Waals surface area contributed by atoms with Gasteiger partial charge in [0.2, 0.25) is 0 Å². The average Bonchev–Trinajstić information content (AvgIpc) is 3.15. The summed E-state index contributed by atoms with van der Waals surface area (Å²) < 4.78 is 5.27. The number of hydrogen-bond acceptors (Lipinski definition) is 5. The van der Waals surface area contributed by atoms with Gasteiger partial charge in [-0.1, -0.05) is 48.5 Å². The lowest BCUT2D eigenvalue weighted by molar-refractivity contribution is -0.120. The molecule has 6 nitrogen and oxygen atoms in total. The van der Waals surface area contributed by atoms with E-state index in [1.54, 1.807) is 19.2 Å². The normalized spacial score (nSPS) is 16.6. The zero-order valence-corrected chi connectivity index (χ0v) is 18.5. The summed E-state index contributed by atoms with van der Waals surface area (Å²) in [6.45, 7) is 2.86. The summed E-state index contributed by atoms with van der Waals surface area (Å²) in [5.74, 6) is 0.135. The van der Waals surface area contributed by atoms with Gasteiger partial charge in [-0.2, -0.15) is 0 Å². The molecule has 3 aromatic rings. The molecule has 5 rings (SSSR count). The van der Waals surface area contributed by atoms with Gasteiger partial charge in [-0.05, 0) is 42.0 Å². The minimum atomic E-state index is -0.295. The molecular formula is C27H25N3O3. The molecule has 0 saturated carbocycles. The minimum absolute atomic E-state index is 0.273. The van der Waals surface area contributed by atoms with Crippen molar-refractivity contribution in [3.63, 3.8) is 0 Å². The van der Waals surface area contributed by atoms with Crippen LogP contribution in [0, 0.1) is 0 Å². The highest BCUT2D eigenvalue weighted by atomic mass is 16.5. The van der Waals surface area contributed by atoms with Gasteiger partial charge in [0.1, 0.15) is 11.4 Å². The van der Waals surface area contributed by atoms with Crippen molar-refractivity contribution in [3.05, 3.63) is 96.2 Å². The van der Waals surface area contributed by atoms with E-state index < -0.39 is 0 Å². The second-order valence-corrected chi connectivity index (χ2v) is 8.04. The fourth-order valence-electron chi connectivity index (χ4n) is 4.47. The molecule has 0 radical (unpaired) electrons. The zero-order valence-electron chi connectivity index (χ0n) is 18.5. The Morgan fingerprint density at radius 2 is 1.18 bits per heavy atom. The molecule has 1 fully saturated rings. The molecule has 3 aromatic carbocycles. The first-order valence-electron chi connectivity index (χ1n) is 11.0. The van der Waals surface area contributed by atoms with Crippen LogP contribution in [0.3, 0.4) is 0 Å². The molecule has 2 heterocycles. The number of nitrogens with zero attached hydrogens (tertiary/aromatic N) is 3. The Bertz CT molecular complexity index is 1180. The van der Waals surface area contributed by atoms with E-state index in [1.165, 1.54) is 10.6 Å². The quantitative estimate of drug-likeness (QED) is 0.566. The third-order valence-corrected chi connectivity index (χ3v) is 6.17. The van der Waals surface area contributed by atoms with Gasteiger partial charge in [0.15, 0.2) is 0 Å². The maximum Gasteiger partial charge on any atom is 0.282 e. The predicted octanol–water partition coefficient (Wildman–Crippen LogP) is 3.80. The van der Waals surface area contributed by atoms with Crippen LogP contribution in [0.1, 0.15) is 5.56 Å². The van der Waals surface area contributed by atoms with Crippen molar-refractivity contribution in [1.29, 1.82) is 0 Å². The fourth-order valence-corrected chi connectivity index (χ4v) is 4.47. The number of carbonyl (C=O) groups excluding carboxylic acids is 2. The number of methoxy groups -OCH3 is 1. The average molecular weight is 440 g/mol. The lowest BCUT2D eigenvalue weighted by atomic mass is 10.0. The van der Waals surface area contributed by atoms with Crippen LogP contribution < -0.4 is 14.5 Å². The first-order chi connectivity index (χ1) is 16.2. The fraction of sp³-hybridized carbons (Fsp3) is 0.185. The van der Waals surface area contributed by atoms with Gasteiger partial charge in [-0.15, -0.1) is 0 Å². The van der Waals surface area contributed by atoms with Crippen LogP contribution in [0.5, 0.6) is 5.75 Å². The summed E-state index contributed by atoms with van der Waals surface area (Å²) in [5, 5.41) is 0. The minimum Gasteiger partial charge on any atom is -0.497 e. The van der Waals surface area contributed by atoms with Crippen molar-refractivity contribution in [2.45, 2.75) is 0 Å². The number of ether oxygens (including phenoxy) is 1. The van der Waals surface area contributed by atoms with E-state index in [-0.39, 0.29) is 11.8 Å². The van der Waals surface area contributed by atoms with Crippen LogP contribution in [0.2, 0.25) is 0 Å². The third-order valence-electron chi connectivity index (χ3n) is 6.17. The molecule has 0 N–H and O–H groups in total. The SMILES string of the molecule is COc1ccc(C2=C(N3CCN(c4ccccc4)CC3)C(=O)N(c3ccccc3)C2=O)cc1. The summed E-state index contributed by atoms with van der Waals surface area (Å²) in [7, 11) is 1.60. The van der Waals surface area contributed by atoms with E-state index >= 15 is 0 Å². The molecule has 0 bridgehead atoms. The van der Waals surface area contributed by atoms with Crippen molar-refractivity contribution in [2.24, 2.45) is 0 Å². The topological polar surface area (TPSA) is 53.1 Å². The summed E-state index contributed by atoms with van der Waals surface area (Å²) in [4.78, 5) is 32.9. The van der Waals surface area contributed by atoms with Crippen LogP contribution in [-0.4, -0.2) is 50.0 Å². The Morgan fingerprint density at radius 3 is 1.76 bits per heavy atom. The van der Waals surface area contributed by atoms with E-state index in [9.17, 15) is 9.59 Å². The monoisotopic (exact) mass is 439 g/mol. The zero-order chi connectivity index (χ0) is 22.8. The second kappa shape index (κ2) is 8.82. The number of piperazine rings is 1. The summed E-state index contributed by atoms with van der Waals surface area (Å²) in [5.41, 5.74) is 3.38. The highest BCUT2D eigenvalue weighted by Gasteiger charge is 2.43. The smallest absolute Gasteiger partial charge is 0.282 e. The predicted molar refractivity (Wildman–Crippen MR) is 129 cm³/mol. The van der Waals surface area contributed by atoms with Crippen LogP contribution in [0.4, 0.5) is 11.4 Å².